The first kappa shape index (κ1) is 20.7. The molecule has 1 saturated heterocycles. The second-order valence-corrected chi connectivity index (χ2v) is 10.6. The van der Waals surface area contributed by atoms with Crippen molar-refractivity contribution >= 4 is 26.1 Å². The Balaban J connectivity index is 1.70. The minimum absolute atomic E-state index is 0.131. The lowest BCUT2D eigenvalue weighted by Crippen LogP contribution is -2.50. The maximum Gasteiger partial charge on any atom is 0.243 e. The van der Waals surface area contributed by atoms with E-state index >= 15 is 0 Å². The van der Waals surface area contributed by atoms with Gasteiger partial charge in [-0.05, 0) is 37.1 Å². The molecule has 2 aromatic carbocycles. The lowest BCUT2D eigenvalue weighted by Gasteiger charge is -2.32. The van der Waals surface area contributed by atoms with Gasteiger partial charge in [0.2, 0.25) is 20.0 Å². The van der Waals surface area contributed by atoms with Crippen LogP contribution in [0.3, 0.4) is 0 Å². The summed E-state index contributed by atoms with van der Waals surface area (Å²) < 4.78 is 53.6. The van der Waals surface area contributed by atoms with E-state index in [1.165, 1.54) is 14.0 Å². The molecular formula is C20H24N2O4S2. The summed E-state index contributed by atoms with van der Waals surface area (Å²) in [6.45, 7) is 4.21. The number of piperazine rings is 1. The number of sulfonamides is 2. The Morgan fingerprint density at radius 2 is 1.43 bits per heavy atom. The number of aryl methyl sites for hydroxylation is 2. The molecule has 8 heteroatoms. The van der Waals surface area contributed by atoms with E-state index < -0.39 is 20.0 Å². The van der Waals surface area contributed by atoms with Crippen molar-refractivity contribution in [1.82, 2.24) is 8.61 Å². The van der Waals surface area contributed by atoms with Crippen LogP contribution >= 0.6 is 0 Å². The molecule has 0 saturated carbocycles. The number of rotatable bonds is 5. The number of hydrogen-bond donors (Lipinski definition) is 0. The second-order valence-electron chi connectivity index (χ2n) is 6.83. The zero-order chi connectivity index (χ0) is 20.4. The van der Waals surface area contributed by atoms with Crippen LogP contribution in [0.15, 0.2) is 58.8 Å². The Morgan fingerprint density at radius 3 is 2.04 bits per heavy atom. The summed E-state index contributed by atoms with van der Waals surface area (Å²) in [6.07, 6.45) is 1.55. The quantitative estimate of drug-likeness (QED) is 0.745. The minimum Gasteiger partial charge on any atom is -0.208 e. The van der Waals surface area contributed by atoms with E-state index in [-0.39, 0.29) is 31.1 Å². The highest BCUT2D eigenvalue weighted by Crippen LogP contribution is 2.23. The van der Waals surface area contributed by atoms with Crippen LogP contribution in [0.1, 0.15) is 16.7 Å². The van der Waals surface area contributed by atoms with Crippen LogP contribution in [-0.4, -0.2) is 51.6 Å². The topological polar surface area (TPSA) is 74.8 Å². The highest BCUT2D eigenvalue weighted by atomic mass is 32.2. The van der Waals surface area contributed by atoms with E-state index in [0.29, 0.717) is 5.56 Å². The third-order valence-electron chi connectivity index (χ3n) is 4.74. The van der Waals surface area contributed by atoms with Crippen molar-refractivity contribution in [2.45, 2.75) is 18.7 Å². The third-order valence-corrected chi connectivity index (χ3v) is 8.36. The molecule has 6 nitrogen and oxygen atoms in total. The molecule has 0 amide bonds. The van der Waals surface area contributed by atoms with Crippen LogP contribution in [-0.2, 0) is 20.0 Å². The van der Waals surface area contributed by atoms with Crippen molar-refractivity contribution in [3.63, 3.8) is 0 Å². The van der Waals surface area contributed by atoms with Gasteiger partial charge in [-0.15, -0.1) is 0 Å². The van der Waals surface area contributed by atoms with Gasteiger partial charge in [0.05, 0.1) is 4.90 Å². The van der Waals surface area contributed by atoms with Gasteiger partial charge in [-0.1, -0.05) is 48.0 Å². The summed E-state index contributed by atoms with van der Waals surface area (Å²) >= 11 is 0. The normalized spacial score (nSPS) is 17.2. The van der Waals surface area contributed by atoms with Crippen molar-refractivity contribution < 1.29 is 16.8 Å². The van der Waals surface area contributed by atoms with Gasteiger partial charge in [-0.25, -0.2) is 16.8 Å². The summed E-state index contributed by atoms with van der Waals surface area (Å²) in [4.78, 5) is 0.276. The summed E-state index contributed by atoms with van der Waals surface area (Å²) in [6, 6.07) is 14.4. The molecule has 1 heterocycles. The first-order valence-corrected chi connectivity index (χ1v) is 12.0. The summed E-state index contributed by atoms with van der Waals surface area (Å²) in [5.41, 5.74) is 2.49. The van der Waals surface area contributed by atoms with Crippen LogP contribution in [0.25, 0.3) is 6.08 Å². The maximum atomic E-state index is 12.9. The van der Waals surface area contributed by atoms with Gasteiger partial charge >= 0.3 is 0 Å². The van der Waals surface area contributed by atoms with Crippen LogP contribution in [0.5, 0.6) is 0 Å². The molecule has 2 aromatic rings. The fraction of sp³-hybridized carbons (Fsp3) is 0.300. The predicted octanol–water partition coefficient (Wildman–Crippen LogP) is 2.61. The van der Waals surface area contributed by atoms with Gasteiger partial charge in [0, 0.05) is 31.6 Å². The fourth-order valence-electron chi connectivity index (χ4n) is 3.21. The van der Waals surface area contributed by atoms with Gasteiger partial charge in [-0.2, -0.15) is 8.61 Å². The number of nitrogens with zero attached hydrogens (tertiary/aromatic N) is 2. The van der Waals surface area contributed by atoms with E-state index in [1.54, 1.807) is 25.1 Å². The minimum atomic E-state index is -3.64. The highest BCUT2D eigenvalue weighted by molar-refractivity contribution is 7.92. The zero-order valence-electron chi connectivity index (χ0n) is 15.9. The summed E-state index contributed by atoms with van der Waals surface area (Å²) in [5, 5.41) is 1.18. The van der Waals surface area contributed by atoms with Crippen LogP contribution in [0.2, 0.25) is 0 Å². The molecule has 0 radical (unpaired) electrons. The zero-order valence-corrected chi connectivity index (χ0v) is 17.6. The standard InChI is InChI=1S/C20H24N2O4S2/c1-17-8-9-20(18(2)16-17)28(25,26)22-13-11-21(12-14-22)27(23,24)15-10-19-6-4-3-5-7-19/h3-10,15-16H,11-14H2,1-2H3/b15-10+. The van der Waals surface area contributed by atoms with Crippen LogP contribution < -0.4 is 0 Å². The highest BCUT2D eigenvalue weighted by Gasteiger charge is 2.32. The van der Waals surface area contributed by atoms with Gasteiger partial charge in [0.25, 0.3) is 0 Å². The van der Waals surface area contributed by atoms with Crippen molar-refractivity contribution in [3.8, 4) is 0 Å². The Bertz CT molecular complexity index is 1070. The van der Waals surface area contributed by atoms with Gasteiger partial charge < -0.3 is 0 Å². The number of benzene rings is 2. The molecule has 0 bridgehead atoms. The molecule has 28 heavy (non-hydrogen) atoms. The van der Waals surface area contributed by atoms with Gasteiger partial charge in [0.1, 0.15) is 0 Å². The Labute approximate surface area is 167 Å². The third kappa shape index (κ3) is 4.52. The lowest BCUT2D eigenvalue weighted by atomic mass is 10.2. The van der Waals surface area contributed by atoms with Gasteiger partial charge in [0.15, 0.2) is 0 Å². The van der Waals surface area contributed by atoms with Crippen molar-refractivity contribution in [2.24, 2.45) is 0 Å². The molecule has 150 valence electrons. The van der Waals surface area contributed by atoms with E-state index in [0.717, 1.165) is 11.1 Å². The lowest BCUT2D eigenvalue weighted by molar-refractivity contribution is 0.275. The molecule has 1 aliphatic rings. The Morgan fingerprint density at radius 1 is 0.821 bits per heavy atom. The molecule has 1 aliphatic heterocycles. The summed E-state index contributed by atoms with van der Waals surface area (Å²) in [7, 11) is -7.24. The second kappa shape index (κ2) is 8.16. The largest absolute Gasteiger partial charge is 0.243 e. The van der Waals surface area contributed by atoms with E-state index in [4.69, 9.17) is 0 Å². The van der Waals surface area contributed by atoms with E-state index in [2.05, 4.69) is 0 Å². The van der Waals surface area contributed by atoms with Crippen molar-refractivity contribution in [1.29, 1.82) is 0 Å². The van der Waals surface area contributed by atoms with Crippen molar-refractivity contribution in [2.75, 3.05) is 26.2 Å². The first-order valence-electron chi connectivity index (χ1n) is 9.01. The van der Waals surface area contributed by atoms with E-state index in [9.17, 15) is 16.8 Å². The molecule has 0 aromatic heterocycles. The SMILES string of the molecule is Cc1ccc(S(=O)(=O)N2CCN(S(=O)(=O)/C=C/c3ccccc3)CC2)c(C)c1. The monoisotopic (exact) mass is 420 g/mol. The predicted molar refractivity (Wildman–Crippen MR) is 111 cm³/mol. The molecule has 0 N–H and O–H groups in total. The first-order chi connectivity index (χ1) is 13.2. The molecule has 0 aliphatic carbocycles. The molecular weight excluding hydrogens is 396 g/mol. The molecule has 0 unspecified atom stereocenters. The number of hydrogen-bond acceptors (Lipinski definition) is 4. The average molecular weight is 421 g/mol. The maximum absolute atomic E-state index is 12.9. The molecule has 0 spiro atoms. The molecule has 3 rings (SSSR count). The molecule has 0 atom stereocenters. The molecule has 1 fully saturated rings. The smallest absolute Gasteiger partial charge is 0.208 e. The fourth-order valence-corrected chi connectivity index (χ4v) is 6.01. The van der Waals surface area contributed by atoms with Gasteiger partial charge in [-0.3, -0.25) is 0 Å². The summed E-state index contributed by atoms with van der Waals surface area (Å²) in [5.74, 6) is 0. The van der Waals surface area contributed by atoms with E-state index in [1.807, 2.05) is 43.3 Å². The van der Waals surface area contributed by atoms with Crippen LogP contribution in [0, 0.1) is 13.8 Å². The Hall–Kier alpha value is -2.00. The van der Waals surface area contributed by atoms with Crippen LogP contribution in [0.4, 0.5) is 0 Å². The van der Waals surface area contributed by atoms with Crippen molar-refractivity contribution in [3.05, 3.63) is 70.6 Å². The average Bonchev–Trinajstić information content (AvgIpc) is 2.67. The Kier molecular flexibility index (Phi) is 6.04.